The van der Waals surface area contributed by atoms with Crippen molar-refractivity contribution in [2.45, 2.75) is 89.1 Å². The number of benzene rings is 2. The average molecular weight is 829 g/mol. The number of ether oxygens (including phenoxy) is 3. The fraction of sp³-hybridized carbons (Fsp3) is 0.405. The fourth-order valence-electron chi connectivity index (χ4n) is 5.12. The number of hydrogen-bond acceptors (Lipinski definition) is 13. The number of hydrogen-bond donors (Lipinski definition) is 9. The van der Waals surface area contributed by atoms with Crippen LogP contribution in [0.25, 0.3) is 0 Å². The maximum Gasteiger partial charge on any atom is 0.408 e. The number of alkyl carbamates (subject to hydrolysis) is 1. The maximum atomic E-state index is 13.5. The van der Waals surface area contributed by atoms with Crippen LogP contribution in [0.3, 0.4) is 0 Å². The van der Waals surface area contributed by atoms with Gasteiger partial charge in [0.25, 0.3) is 11.8 Å². The molecule has 1 heterocycles. The van der Waals surface area contributed by atoms with E-state index in [1.807, 2.05) is 10.9 Å². The summed E-state index contributed by atoms with van der Waals surface area (Å²) in [6.45, 7) is 2.58. The molecule has 0 radical (unpaired) electrons. The van der Waals surface area contributed by atoms with E-state index in [0.29, 0.717) is 11.1 Å². The highest BCUT2D eigenvalue weighted by atomic mass is 16.6. The largest absolute Gasteiger partial charge is 0.481 e. The Kier molecular flexibility index (Phi) is 17.7. The molecular weight excluding hydrogens is 784 g/mol. The van der Waals surface area contributed by atoms with Crippen LogP contribution in [0, 0.1) is 5.92 Å². The van der Waals surface area contributed by atoms with Crippen LogP contribution in [0.1, 0.15) is 50.7 Å². The van der Waals surface area contributed by atoms with Crippen LogP contribution in [0.5, 0.6) is 0 Å². The maximum absolute atomic E-state index is 13.5. The fourth-order valence-corrected chi connectivity index (χ4v) is 5.12. The van der Waals surface area contributed by atoms with Crippen LogP contribution in [0.15, 0.2) is 60.7 Å². The predicted octanol–water partition coefficient (Wildman–Crippen LogP) is -1.14. The van der Waals surface area contributed by atoms with E-state index in [2.05, 4.69) is 21.3 Å². The van der Waals surface area contributed by atoms with Gasteiger partial charge in [-0.25, -0.2) is 9.59 Å². The molecule has 0 aliphatic carbocycles. The Bertz CT molecular complexity index is 1860. The summed E-state index contributed by atoms with van der Waals surface area (Å²) in [4.78, 5) is 125. The first-order valence-electron chi connectivity index (χ1n) is 17.9. The van der Waals surface area contributed by atoms with Crippen LogP contribution < -0.4 is 32.1 Å². The standard InChI is InChI=1S/C37H44N6O16/c1-19(2)28(34(53)39-24(16-27(48)49)33(52)42-43-35(54)29-30(59-29)36(55)57-17-20-9-5-3-6-10-20)41-31(50)22(13-14-25(44)45)38-32(51)23(15-26(46)47)40-37(56)58-18-21-11-7-4-8-12-21/h3-12,19,22-24,28-30H,13-18H2,1-2H3,(H,38,51)(H,39,53)(H,40,56)(H,41,50)(H,42,52)(H,43,54)(H,44,45)(H,46,47)(H,48,49)/t22-,23-,24-,28-,29?,30?/m0/s1. The van der Waals surface area contributed by atoms with Crippen LogP contribution in [0.4, 0.5) is 4.79 Å². The molecule has 1 saturated heterocycles. The predicted molar refractivity (Wildman–Crippen MR) is 197 cm³/mol. The van der Waals surface area contributed by atoms with Crippen molar-refractivity contribution in [1.82, 2.24) is 32.1 Å². The first-order chi connectivity index (χ1) is 27.9. The van der Waals surface area contributed by atoms with Crippen LogP contribution in [0.2, 0.25) is 0 Å². The van der Waals surface area contributed by atoms with Crippen LogP contribution in [-0.4, -0.2) is 111 Å². The number of carbonyl (C=O) groups is 10. The molecule has 0 spiro atoms. The number of amides is 6. The van der Waals surface area contributed by atoms with Gasteiger partial charge in [0.1, 0.15) is 37.4 Å². The molecule has 2 aromatic carbocycles. The molecule has 318 valence electrons. The number of rotatable bonds is 22. The summed E-state index contributed by atoms with van der Waals surface area (Å²) in [6.07, 6.45) is -7.04. The monoisotopic (exact) mass is 828 g/mol. The summed E-state index contributed by atoms with van der Waals surface area (Å²) in [5.74, 6) is -11.8. The summed E-state index contributed by atoms with van der Waals surface area (Å²) in [5.41, 5.74) is 5.17. The zero-order valence-electron chi connectivity index (χ0n) is 31.7. The van der Waals surface area contributed by atoms with Gasteiger partial charge in [0.2, 0.25) is 17.7 Å². The van der Waals surface area contributed by atoms with E-state index in [0.717, 1.165) is 0 Å². The Hall–Kier alpha value is -7.10. The molecule has 0 aromatic heterocycles. The van der Waals surface area contributed by atoms with Gasteiger partial charge in [-0.05, 0) is 23.5 Å². The summed E-state index contributed by atoms with van der Waals surface area (Å²) in [5, 5.41) is 36.8. The topological polar surface area (TPSA) is 335 Å². The van der Waals surface area contributed by atoms with Crippen molar-refractivity contribution in [2.24, 2.45) is 5.92 Å². The van der Waals surface area contributed by atoms with Gasteiger partial charge in [-0.15, -0.1) is 0 Å². The minimum atomic E-state index is -1.85. The van der Waals surface area contributed by atoms with E-state index in [-0.39, 0.29) is 13.2 Å². The molecule has 1 fully saturated rings. The molecule has 9 N–H and O–H groups in total. The highest BCUT2D eigenvalue weighted by molar-refractivity contribution is 5.98. The van der Waals surface area contributed by atoms with E-state index in [4.69, 9.17) is 14.2 Å². The molecule has 0 bridgehead atoms. The van der Waals surface area contributed by atoms with Crippen molar-refractivity contribution in [3.05, 3.63) is 71.8 Å². The van der Waals surface area contributed by atoms with E-state index in [1.54, 1.807) is 60.7 Å². The quantitative estimate of drug-likeness (QED) is 0.0385. The minimum Gasteiger partial charge on any atom is -0.481 e. The van der Waals surface area contributed by atoms with Crippen molar-refractivity contribution >= 4 is 59.5 Å². The van der Waals surface area contributed by atoms with E-state index in [1.165, 1.54) is 13.8 Å². The van der Waals surface area contributed by atoms with Gasteiger partial charge in [-0.2, -0.15) is 0 Å². The Balaban J connectivity index is 1.62. The lowest BCUT2D eigenvalue weighted by Gasteiger charge is -2.27. The molecule has 6 amide bonds. The highest BCUT2D eigenvalue weighted by Gasteiger charge is 2.52. The van der Waals surface area contributed by atoms with Gasteiger partial charge < -0.3 is 50.8 Å². The third-order valence-corrected chi connectivity index (χ3v) is 8.25. The van der Waals surface area contributed by atoms with Crippen LogP contribution in [-0.2, 0) is 70.6 Å². The van der Waals surface area contributed by atoms with E-state index >= 15 is 0 Å². The summed E-state index contributed by atoms with van der Waals surface area (Å²) < 4.78 is 15.2. The van der Waals surface area contributed by atoms with Gasteiger partial charge in [0.05, 0.1) is 12.8 Å². The zero-order chi connectivity index (χ0) is 43.6. The van der Waals surface area contributed by atoms with E-state index in [9.17, 15) is 63.3 Å². The summed E-state index contributed by atoms with van der Waals surface area (Å²) in [7, 11) is 0. The molecule has 59 heavy (non-hydrogen) atoms. The van der Waals surface area contributed by atoms with Gasteiger partial charge in [0.15, 0.2) is 12.2 Å². The Labute approximate surface area is 335 Å². The van der Waals surface area contributed by atoms with Crippen LogP contribution >= 0.6 is 0 Å². The zero-order valence-corrected chi connectivity index (χ0v) is 31.7. The number of carbonyl (C=O) groups excluding carboxylic acids is 7. The highest BCUT2D eigenvalue weighted by Crippen LogP contribution is 2.24. The lowest BCUT2D eigenvalue weighted by atomic mass is 10.0. The lowest BCUT2D eigenvalue weighted by Crippen LogP contribution is -2.60. The molecular formula is C37H44N6O16. The summed E-state index contributed by atoms with van der Waals surface area (Å²) >= 11 is 0. The molecule has 2 aromatic rings. The molecule has 22 heteroatoms. The van der Waals surface area contributed by atoms with Crippen molar-refractivity contribution < 1.29 is 77.5 Å². The first kappa shape index (κ1) is 46.3. The second kappa shape index (κ2) is 22.6. The number of hydrazine groups is 1. The Morgan fingerprint density at radius 1 is 0.593 bits per heavy atom. The number of aliphatic carboxylic acids is 3. The molecule has 1 aliphatic heterocycles. The second-order valence-corrected chi connectivity index (χ2v) is 13.3. The van der Waals surface area contributed by atoms with Gasteiger partial charge in [-0.1, -0.05) is 74.5 Å². The normalized spacial score (nSPS) is 16.1. The van der Waals surface area contributed by atoms with Gasteiger partial charge in [0, 0.05) is 6.42 Å². The second-order valence-electron chi connectivity index (χ2n) is 13.3. The molecule has 3 rings (SSSR count). The van der Waals surface area contributed by atoms with Gasteiger partial charge in [-0.3, -0.25) is 49.2 Å². The third kappa shape index (κ3) is 16.1. The lowest BCUT2D eigenvalue weighted by molar-refractivity contribution is -0.146. The SMILES string of the molecule is CC(C)[C@H](NC(=O)[C@H](CCC(=O)O)NC(=O)[C@H](CC(=O)O)NC(=O)OCc1ccccc1)C(=O)N[C@@H](CC(=O)O)C(=O)NNC(=O)C1OC1C(=O)OCc1ccccc1. The molecule has 0 saturated carbocycles. The Morgan fingerprint density at radius 2 is 1.10 bits per heavy atom. The van der Waals surface area contributed by atoms with Crippen molar-refractivity contribution in [3.63, 3.8) is 0 Å². The first-order valence-corrected chi connectivity index (χ1v) is 17.9. The van der Waals surface area contributed by atoms with Crippen molar-refractivity contribution in [3.8, 4) is 0 Å². The number of epoxide rings is 1. The van der Waals surface area contributed by atoms with E-state index < -0.39 is 127 Å². The molecule has 6 atom stereocenters. The minimum absolute atomic E-state index is 0.0880. The molecule has 1 aliphatic rings. The smallest absolute Gasteiger partial charge is 0.408 e. The number of carboxylic acid groups (broad SMARTS) is 3. The van der Waals surface area contributed by atoms with Crippen molar-refractivity contribution in [1.29, 1.82) is 0 Å². The number of esters is 1. The average Bonchev–Trinajstić information content (AvgIpc) is 4.00. The summed E-state index contributed by atoms with van der Waals surface area (Å²) in [6, 6.07) is 10.1. The molecule has 22 nitrogen and oxygen atoms in total. The number of nitrogens with one attached hydrogen (secondary N) is 6. The third-order valence-electron chi connectivity index (χ3n) is 8.25. The van der Waals surface area contributed by atoms with Crippen molar-refractivity contribution in [2.75, 3.05) is 0 Å². The molecule has 2 unspecified atom stereocenters. The van der Waals surface area contributed by atoms with Gasteiger partial charge >= 0.3 is 30.0 Å². The number of carboxylic acids is 3. The Morgan fingerprint density at radius 3 is 1.63 bits per heavy atom.